The van der Waals surface area contributed by atoms with E-state index in [1.165, 1.54) is 0 Å². The second-order valence-corrected chi connectivity index (χ2v) is 9.30. The van der Waals surface area contributed by atoms with Crippen molar-refractivity contribution in [2.75, 3.05) is 19.8 Å². The Labute approximate surface area is 211 Å². The van der Waals surface area contributed by atoms with Crippen molar-refractivity contribution in [3.05, 3.63) is 43.8 Å². The Balaban J connectivity index is 0.000000603. The van der Waals surface area contributed by atoms with Crippen molar-refractivity contribution in [3.8, 4) is 11.8 Å². The van der Waals surface area contributed by atoms with E-state index in [0.29, 0.717) is 44.4 Å². The van der Waals surface area contributed by atoms with Gasteiger partial charge in [0.1, 0.15) is 12.2 Å². The molecule has 0 bridgehead atoms. The van der Waals surface area contributed by atoms with Crippen LogP contribution in [0.2, 0.25) is 0 Å². The predicted octanol–water partition coefficient (Wildman–Crippen LogP) is 4.63. The number of carbonyl (C=O) groups is 1. The molecule has 0 aliphatic carbocycles. The minimum atomic E-state index is -0.421. The lowest BCUT2D eigenvalue weighted by molar-refractivity contribution is -0.155. The lowest BCUT2D eigenvalue weighted by atomic mass is 10.2. The summed E-state index contributed by atoms with van der Waals surface area (Å²) in [6.07, 6.45) is 4.49. The molecule has 0 unspecified atom stereocenters. The van der Waals surface area contributed by atoms with Crippen molar-refractivity contribution >= 4 is 63.6 Å². The Bertz CT molecular complexity index is 726. The van der Waals surface area contributed by atoms with E-state index in [0.717, 1.165) is 7.14 Å². The average Bonchev–Trinajstić information content (AvgIpc) is 2.65. The normalized spacial score (nSPS) is 10.2. The van der Waals surface area contributed by atoms with Crippen LogP contribution in [0.4, 0.5) is 0 Å². The molecule has 30 heavy (non-hydrogen) atoms. The maximum Gasteiger partial charge on any atom is 0.306 e. The Morgan fingerprint density at radius 3 is 1.87 bits per heavy atom. The van der Waals surface area contributed by atoms with Crippen molar-refractivity contribution in [3.63, 3.8) is 0 Å². The number of esters is 1. The number of carbonyl (C=O) groups excluding carboxylic acids is 1. The van der Waals surface area contributed by atoms with E-state index in [1.807, 2.05) is 45.0 Å². The van der Waals surface area contributed by atoms with E-state index >= 15 is 0 Å². The molecular weight excluding hydrogens is 635 g/mol. The molecule has 0 saturated heterocycles. The first-order chi connectivity index (χ1) is 13.7. The minimum Gasteiger partial charge on any atom is -0.478 e. The van der Waals surface area contributed by atoms with Crippen LogP contribution >= 0.6 is 57.6 Å². The number of hydrogen-bond acceptors (Lipinski definition) is 7. The van der Waals surface area contributed by atoms with Crippen LogP contribution in [0, 0.1) is 7.14 Å². The van der Waals surface area contributed by atoms with Crippen LogP contribution in [0.3, 0.4) is 0 Å². The molecule has 2 rings (SSSR count). The van der Waals surface area contributed by atoms with Gasteiger partial charge in [0.25, 0.3) is 0 Å². The first kappa shape index (κ1) is 29.1. The van der Waals surface area contributed by atoms with Gasteiger partial charge >= 0.3 is 5.97 Å². The molecule has 0 spiro atoms. The molecule has 0 fully saturated rings. The van der Waals surface area contributed by atoms with Gasteiger partial charge in [0.15, 0.2) is 0 Å². The third-order valence-corrected chi connectivity index (χ3v) is 4.24. The second kappa shape index (κ2) is 15.8. The number of hydrogen-bond donors (Lipinski definition) is 1. The molecule has 0 atom stereocenters. The van der Waals surface area contributed by atoms with Crippen LogP contribution in [0.1, 0.15) is 33.6 Å². The minimum absolute atomic E-state index is 0. The fourth-order valence-corrected chi connectivity index (χ4v) is 2.48. The van der Waals surface area contributed by atoms with E-state index in [9.17, 15) is 4.79 Å². The molecule has 0 aromatic carbocycles. The summed E-state index contributed by atoms with van der Waals surface area (Å²) in [5, 5.41) is 0. The van der Waals surface area contributed by atoms with Crippen LogP contribution in [-0.4, -0.2) is 41.3 Å². The summed E-state index contributed by atoms with van der Waals surface area (Å²) in [6.45, 7) is 7.08. The highest BCUT2D eigenvalue weighted by Gasteiger charge is 2.15. The summed E-state index contributed by atoms with van der Waals surface area (Å²) in [5.41, 5.74) is 4.83. The SMILES string of the molecule is CC(C)(C)OC(=O)CCCOc1ccc(I)cn1.Cl.NCCOc1ccc(I)cn1. The van der Waals surface area contributed by atoms with E-state index in [-0.39, 0.29) is 18.4 Å². The monoisotopic (exact) mass is 663 g/mol. The fourth-order valence-electron chi connectivity index (χ4n) is 1.84. The van der Waals surface area contributed by atoms with Crippen molar-refractivity contribution in [2.45, 2.75) is 39.2 Å². The summed E-state index contributed by atoms with van der Waals surface area (Å²) in [7, 11) is 0. The molecule has 2 aromatic rings. The number of halogens is 3. The molecular formula is C20H28ClI2N3O4. The standard InChI is InChI=1S/C13H18INO3.C7H9IN2O.ClH/c1-13(2,3)18-12(16)5-4-8-17-11-7-6-10(14)9-15-11;8-6-1-2-7(10-5-6)11-4-3-9;/h6-7,9H,4-5,8H2,1-3H3;1-2,5H,3-4,9H2;1H. The summed E-state index contributed by atoms with van der Waals surface area (Å²) in [4.78, 5) is 19.6. The van der Waals surface area contributed by atoms with Crippen LogP contribution < -0.4 is 15.2 Å². The van der Waals surface area contributed by atoms with Gasteiger partial charge in [-0.25, -0.2) is 9.97 Å². The Morgan fingerprint density at radius 2 is 1.47 bits per heavy atom. The molecule has 2 aromatic heterocycles. The van der Waals surface area contributed by atoms with Gasteiger partial charge in [0.2, 0.25) is 11.8 Å². The smallest absolute Gasteiger partial charge is 0.306 e. The van der Waals surface area contributed by atoms with Gasteiger partial charge in [0, 0.05) is 44.6 Å². The number of rotatable bonds is 8. The summed E-state index contributed by atoms with van der Waals surface area (Å²) in [6, 6.07) is 7.52. The first-order valence-corrected chi connectivity index (χ1v) is 11.3. The molecule has 0 radical (unpaired) electrons. The topological polar surface area (TPSA) is 96.6 Å². The van der Waals surface area contributed by atoms with Gasteiger partial charge in [-0.15, -0.1) is 12.4 Å². The van der Waals surface area contributed by atoms with Gasteiger partial charge in [-0.3, -0.25) is 4.79 Å². The zero-order valence-electron chi connectivity index (χ0n) is 17.3. The lowest BCUT2D eigenvalue weighted by Gasteiger charge is -2.19. The number of ether oxygens (including phenoxy) is 3. The van der Waals surface area contributed by atoms with Gasteiger partial charge < -0.3 is 19.9 Å². The third-order valence-electron chi connectivity index (χ3n) is 2.96. The van der Waals surface area contributed by atoms with Crippen molar-refractivity contribution < 1.29 is 19.0 Å². The number of aromatic nitrogens is 2. The molecule has 168 valence electrons. The van der Waals surface area contributed by atoms with E-state index in [4.69, 9.17) is 19.9 Å². The molecule has 2 N–H and O–H groups in total. The molecule has 10 heteroatoms. The summed E-state index contributed by atoms with van der Waals surface area (Å²) in [5.74, 6) is 1.03. The van der Waals surface area contributed by atoms with Crippen LogP contribution in [0.5, 0.6) is 11.8 Å². The molecule has 2 heterocycles. The summed E-state index contributed by atoms with van der Waals surface area (Å²) >= 11 is 4.37. The van der Waals surface area contributed by atoms with Crippen LogP contribution in [0.15, 0.2) is 36.7 Å². The predicted molar refractivity (Wildman–Crippen MR) is 136 cm³/mol. The van der Waals surface area contributed by atoms with Crippen molar-refractivity contribution in [1.82, 2.24) is 9.97 Å². The largest absolute Gasteiger partial charge is 0.478 e. The van der Waals surface area contributed by atoms with Gasteiger partial charge in [-0.1, -0.05) is 0 Å². The lowest BCUT2D eigenvalue weighted by Crippen LogP contribution is -2.24. The van der Waals surface area contributed by atoms with E-state index in [2.05, 4.69) is 55.1 Å². The Morgan fingerprint density at radius 1 is 0.967 bits per heavy atom. The zero-order valence-corrected chi connectivity index (χ0v) is 22.4. The maximum absolute atomic E-state index is 11.4. The molecule has 0 aliphatic heterocycles. The summed E-state index contributed by atoms with van der Waals surface area (Å²) < 4.78 is 17.9. The Hall–Kier alpha value is -0.920. The van der Waals surface area contributed by atoms with Crippen molar-refractivity contribution in [1.29, 1.82) is 0 Å². The fraction of sp³-hybridized carbons (Fsp3) is 0.450. The van der Waals surface area contributed by atoms with Crippen LogP contribution in [-0.2, 0) is 9.53 Å². The van der Waals surface area contributed by atoms with E-state index in [1.54, 1.807) is 12.4 Å². The molecule has 7 nitrogen and oxygen atoms in total. The molecule has 0 aliphatic rings. The average molecular weight is 664 g/mol. The van der Waals surface area contributed by atoms with Crippen molar-refractivity contribution in [2.24, 2.45) is 5.73 Å². The maximum atomic E-state index is 11.4. The van der Waals surface area contributed by atoms with Gasteiger partial charge in [0.05, 0.1) is 6.61 Å². The zero-order chi connectivity index (χ0) is 21.7. The highest BCUT2D eigenvalue weighted by Crippen LogP contribution is 2.11. The molecule has 0 saturated carbocycles. The third kappa shape index (κ3) is 15.0. The number of pyridine rings is 2. The van der Waals surface area contributed by atoms with E-state index < -0.39 is 5.60 Å². The van der Waals surface area contributed by atoms with Gasteiger partial charge in [-0.2, -0.15) is 0 Å². The quantitative estimate of drug-likeness (QED) is 0.250. The Kier molecular flexibility index (Phi) is 15.3. The highest BCUT2D eigenvalue weighted by molar-refractivity contribution is 14.1. The number of nitrogens with zero attached hydrogens (tertiary/aromatic N) is 2. The second-order valence-electron chi connectivity index (χ2n) is 6.80. The molecule has 0 amide bonds. The highest BCUT2D eigenvalue weighted by atomic mass is 127. The first-order valence-electron chi connectivity index (χ1n) is 9.10. The number of nitrogens with two attached hydrogens (primary N) is 1. The van der Waals surface area contributed by atoms with Crippen LogP contribution in [0.25, 0.3) is 0 Å². The van der Waals surface area contributed by atoms with Gasteiger partial charge in [-0.05, 0) is 84.5 Å².